The Labute approximate surface area is 127 Å². The maximum atomic E-state index is 14.0. The van der Waals surface area contributed by atoms with Gasteiger partial charge in [0.05, 0.1) is 0 Å². The standard InChI is InChI=1S/C17H28F2N2/c1-5-13(4)21(7-3)12-11-16(20-6-2)14-9-8-10-15(18)17(14)19/h8-10,13,16,20H,5-7,11-12H2,1-4H3. The van der Waals surface area contributed by atoms with Gasteiger partial charge in [-0.05, 0) is 38.9 Å². The Morgan fingerprint density at radius 3 is 2.48 bits per heavy atom. The number of nitrogens with zero attached hydrogens (tertiary/aromatic N) is 1. The summed E-state index contributed by atoms with van der Waals surface area (Å²) < 4.78 is 27.4. The summed E-state index contributed by atoms with van der Waals surface area (Å²) in [4.78, 5) is 2.38. The SMILES string of the molecule is CCNC(CCN(CC)C(C)CC)c1cccc(F)c1F. The third-order valence-electron chi connectivity index (χ3n) is 4.13. The van der Waals surface area contributed by atoms with E-state index >= 15 is 0 Å². The third-order valence-corrected chi connectivity index (χ3v) is 4.13. The summed E-state index contributed by atoms with van der Waals surface area (Å²) in [7, 11) is 0. The molecule has 0 spiro atoms. The molecular weight excluding hydrogens is 270 g/mol. The van der Waals surface area contributed by atoms with Crippen molar-refractivity contribution in [1.29, 1.82) is 0 Å². The molecule has 0 aliphatic rings. The van der Waals surface area contributed by atoms with E-state index < -0.39 is 11.6 Å². The summed E-state index contributed by atoms with van der Waals surface area (Å²) in [6.45, 7) is 11.1. The van der Waals surface area contributed by atoms with Crippen molar-refractivity contribution >= 4 is 0 Å². The first-order valence-electron chi connectivity index (χ1n) is 7.96. The van der Waals surface area contributed by atoms with E-state index in [9.17, 15) is 8.78 Å². The molecule has 0 bridgehead atoms. The highest BCUT2D eigenvalue weighted by molar-refractivity contribution is 5.22. The first kappa shape index (κ1) is 18.1. The average Bonchev–Trinajstić information content (AvgIpc) is 2.49. The zero-order valence-electron chi connectivity index (χ0n) is 13.6. The van der Waals surface area contributed by atoms with Crippen molar-refractivity contribution in [3.8, 4) is 0 Å². The molecule has 0 heterocycles. The highest BCUT2D eigenvalue weighted by atomic mass is 19.2. The first-order chi connectivity index (χ1) is 10.0. The molecule has 0 aliphatic carbocycles. The number of hydrogen-bond acceptors (Lipinski definition) is 2. The molecule has 4 heteroatoms. The van der Waals surface area contributed by atoms with Crippen LogP contribution in [0.15, 0.2) is 18.2 Å². The van der Waals surface area contributed by atoms with Crippen molar-refractivity contribution in [1.82, 2.24) is 10.2 Å². The van der Waals surface area contributed by atoms with Gasteiger partial charge in [-0.25, -0.2) is 8.78 Å². The third kappa shape index (κ3) is 5.04. The summed E-state index contributed by atoms with van der Waals surface area (Å²) in [5.41, 5.74) is 0.428. The Balaban J connectivity index is 2.80. The lowest BCUT2D eigenvalue weighted by molar-refractivity contribution is 0.202. The van der Waals surface area contributed by atoms with Crippen LogP contribution in [-0.4, -0.2) is 30.6 Å². The van der Waals surface area contributed by atoms with E-state index in [0.29, 0.717) is 11.6 Å². The molecule has 0 fully saturated rings. The molecule has 0 aromatic heterocycles. The zero-order chi connectivity index (χ0) is 15.8. The number of halogens is 2. The lowest BCUT2D eigenvalue weighted by atomic mass is 10.0. The number of nitrogens with one attached hydrogen (secondary N) is 1. The lowest BCUT2D eigenvalue weighted by Gasteiger charge is -2.29. The van der Waals surface area contributed by atoms with Crippen LogP contribution in [0.2, 0.25) is 0 Å². The quantitative estimate of drug-likeness (QED) is 0.737. The van der Waals surface area contributed by atoms with Gasteiger partial charge < -0.3 is 10.2 Å². The second-order valence-electron chi connectivity index (χ2n) is 5.43. The minimum atomic E-state index is -0.773. The molecule has 0 saturated carbocycles. The minimum absolute atomic E-state index is 0.149. The minimum Gasteiger partial charge on any atom is -0.310 e. The van der Waals surface area contributed by atoms with E-state index in [1.54, 1.807) is 12.1 Å². The highest BCUT2D eigenvalue weighted by Crippen LogP contribution is 2.23. The van der Waals surface area contributed by atoms with Crippen molar-refractivity contribution < 1.29 is 8.78 Å². The molecule has 2 nitrogen and oxygen atoms in total. The van der Waals surface area contributed by atoms with Crippen molar-refractivity contribution in [2.45, 2.75) is 52.6 Å². The topological polar surface area (TPSA) is 15.3 Å². The molecule has 0 amide bonds. The van der Waals surface area contributed by atoms with E-state index in [4.69, 9.17) is 0 Å². The summed E-state index contributed by atoms with van der Waals surface area (Å²) >= 11 is 0. The van der Waals surface area contributed by atoms with Crippen LogP contribution in [0, 0.1) is 11.6 Å². The molecule has 21 heavy (non-hydrogen) atoms. The molecule has 1 aromatic carbocycles. The van der Waals surface area contributed by atoms with Gasteiger partial charge in [0.25, 0.3) is 0 Å². The molecule has 1 rings (SSSR count). The van der Waals surface area contributed by atoms with Gasteiger partial charge in [0.15, 0.2) is 11.6 Å². The maximum absolute atomic E-state index is 14.0. The van der Waals surface area contributed by atoms with Crippen LogP contribution in [0.4, 0.5) is 8.78 Å². The molecule has 1 aromatic rings. The van der Waals surface area contributed by atoms with Crippen LogP contribution >= 0.6 is 0 Å². The number of rotatable bonds is 9. The van der Waals surface area contributed by atoms with E-state index in [2.05, 4.69) is 31.0 Å². The van der Waals surface area contributed by atoms with Gasteiger partial charge in [-0.2, -0.15) is 0 Å². The second-order valence-corrected chi connectivity index (χ2v) is 5.43. The molecular formula is C17H28F2N2. The maximum Gasteiger partial charge on any atom is 0.163 e. The van der Waals surface area contributed by atoms with Gasteiger partial charge in [0, 0.05) is 24.2 Å². The van der Waals surface area contributed by atoms with Crippen LogP contribution in [-0.2, 0) is 0 Å². The van der Waals surface area contributed by atoms with Gasteiger partial charge in [0.1, 0.15) is 0 Å². The summed E-state index contributed by atoms with van der Waals surface area (Å²) in [5.74, 6) is -1.50. The van der Waals surface area contributed by atoms with Crippen molar-refractivity contribution in [3.63, 3.8) is 0 Å². The lowest BCUT2D eigenvalue weighted by Crippen LogP contribution is -2.35. The molecule has 120 valence electrons. The van der Waals surface area contributed by atoms with Crippen molar-refractivity contribution in [2.75, 3.05) is 19.6 Å². The highest BCUT2D eigenvalue weighted by Gasteiger charge is 2.19. The van der Waals surface area contributed by atoms with E-state index in [-0.39, 0.29) is 6.04 Å². The second kappa shape index (κ2) is 9.11. The normalized spacial score (nSPS) is 14.4. The number of benzene rings is 1. The molecule has 0 saturated heterocycles. The van der Waals surface area contributed by atoms with E-state index in [0.717, 1.165) is 32.5 Å². The van der Waals surface area contributed by atoms with Crippen LogP contribution in [0.1, 0.15) is 52.1 Å². The summed E-state index contributed by atoms with van der Waals surface area (Å²) in [5, 5.41) is 3.27. The Bertz CT molecular complexity index is 423. The van der Waals surface area contributed by atoms with Crippen LogP contribution in [0.3, 0.4) is 0 Å². The molecule has 1 N–H and O–H groups in total. The predicted molar refractivity (Wildman–Crippen MR) is 84.4 cm³/mol. The van der Waals surface area contributed by atoms with E-state index in [1.807, 2.05) is 6.92 Å². The average molecular weight is 298 g/mol. The monoisotopic (exact) mass is 298 g/mol. The molecule has 0 aliphatic heterocycles. The molecule has 2 atom stereocenters. The predicted octanol–water partition coefficient (Wildman–Crippen LogP) is 4.13. The number of hydrogen-bond donors (Lipinski definition) is 1. The van der Waals surface area contributed by atoms with Gasteiger partial charge >= 0.3 is 0 Å². The largest absolute Gasteiger partial charge is 0.310 e. The Morgan fingerprint density at radius 2 is 1.90 bits per heavy atom. The Kier molecular flexibility index (Phi) is 7.83. The van der Waals surface area contributed by atoms with Crippen LogP contribution in [0.25, 0.3) is 0 Å². The first-order valence-corrected chi connectivity index (χ1v) is 7.96. The fraction of sp³-hybridized carbons (Fsp3) is 0.647. The van der Waals surface area contributed by atoms with E-state index in [1.165, 1.54) is 6.07 Å². The van der Waals surface area contributed by atoms with Gasteiger partial charge in [-0.3, -0.25) is 0 Å². The zero-order valence-corrected chi connectivity index (χ0v) is 13.6. The summed E-state index contributed by atoms with van der Waals surface area (Å²) in [6, 6.07) is 4.77. The van der Waals surface area contributed by atoms with Crippen LogP contribution in [0.5, 0.6) is 0 Å². The fourth-order valence-corrected chi connectivity index (χ4v) is 2.65. The van der Waals surface area contributed by atoms with Gasteiger partial charge in [-0.1, -0.05) is 32.9 Å². The van der Waals surface area contributed by atoms with Crippen molar-refractivity contribution in [3.05, 3.63) is 35.4 Å². The van der Waals surface area contributed by atoms with Crippen LogP contribution < -0.4 is 5.32 Å². The molecule has 2 unspecified atom stereocenters. The Hall–Kier alpha value is -1.00. The Morgan fingerprint density at radius 1 is 1.19 bits per heavy atom. The van der Waals surface area contributed by atoms with Gasteiger partial charge in [-0.15, -0.1) is 0 Å². The molecule has 0 radical (unpaired) electrons. The van der Waals surface area contributed by atoms with Crippen molar-refractivity contribution in [2.24, 2.45) is 0 Å². The smallest absolute Gasteiger partial charge is 0.163 e. The fourth-order valence-electron chi connectivity index (χ4n) is 2.65. The van der Waals surface area contributed by atoms with Gasteiger partial charge in [0.2, 0.25) is 0 Å². The summed E-state index contributed by atoms with van der Waals surface area (Å²) in [6.07, 6.45) is 1.86.